The molecule has 0 spiro atoms. The highest BCUT2D eigenvalue weighted by atomic mass is 32.1. The highest BCUT2D eigenvalue weighted by Crippen LogP contribution is 2.26. The molecule has 0 aliphatic heterocycles. The summed E-state index contributed by atoms with van der Waals surface area (Å²) in [6, 6.07) is 4.97. The number of nitrogens with one attached hydrogen (secondary N) is 1. The van der Waals surface area contributed by atoms with E-state index in [1.54, 1.807) is 17.4 Å². The van der Waals surface area contributed by atoms with E-state index in [9.17, 15) is 4.39 Å². The molecule has 0 saturated carbocycles. The molecule has 1 unspecified atom stereocenters. The number of aryl methyl sites for hydroxylation is 2. The SMILES string of the molecule is CNC(c1csc(C)n1)c1cc(C)ccc1F. The van der Waals surface area contributed by atoms with Gasteiger partial charge in [0.25, 0.3) is 0 Å². The standard InChI is InChI=1S/C13H15FN2S/c1-8-4-5-11(14)10(6-8)13(15-3)12-7-17-9(2)16-12/h4-7,13,15H,1-3H3. The number of hydrogen-bond acceptors (Lipinski definition) is 3. The van der Waals surface area contributed by atoms with Crippen molar-refractivity contribution in [1.29, 1.82) is 0 Å². The summed E-state index contributed by atoms with van der Waals surface area (Å²) in [4.78, 5) is 4.42. The molecule has 2 nitrogen and oxygen atoms in total. The Morgan fingerprint density at radius 2 is 2.12 bits per heavy atom. The van der Waals surface area contributed by atoms with Gasteiger partial charge in [-0.2, -0.15) is 0 Å². The Labute approximate surface area is 105 Å². The summed E-state index contributed by atoms with van der Waals surface area (Å²) >= 11 is 1.58. The monoisotopic (exact) mass is 250 g/mol. The summed E-state index contributed by atoms with van der Waals surface area (Å²) in [5.41, 5.74) is 2.57. The minimum absolute atomic E-state index is 0.181. The van der Waals surface area contributed by atoms with Crippen LogP contribution >= 0.6 is 11.3 Å². The minimum atomic E-state index is -0.194. The van der Waals surface area contributed by atoms with Crippen molar-refractivity contribution in [2.45, 2.75) is 19.9 Å². The van der Waals surface area contributed by atoms with E-state index in [2.05, 4.69) is 10.3 Å². The van der Waals surface area contributed by atoms with Crippen molar-refractivity contribution < 1.29 is 4.39 Å². The Morgan fingerprint density at radius 3 is 2.71 bits per heavy atom. The van der Waals surface area contributed by atoms with Crippen molar-refractivity contribution in [2.75, 3.05) is 7.05 Å². The van der Waals surface area contributed by atoms with Crippen LogP contribution in [0.3, 0.4) is 0 Å². The third-order valence-electron chi connectivity index (χ3n) is 2.68. The number of benzene rings is 1. The number of nitrogens with zero attached hydrogens (tertiary/aromatic N) is 1. The normalized spacial score (nSPS) is 12.7. The van der Waals surface area contributed by atoms with Crippen LogP contribution in [-0.2, 0) is 0 Å². The first kappa shape index (κ1) is 12.2. The topological polar surface area (TPSA) is 24.9 Å². The summed E-state index contributed by atoms with van der Waals surface area (Å²) in [6.45, 7) is 3.91. The minimum Gasteiger partial charge on any atom is -0.308 e. The van der Waals surface area contributed by atoms with Gasteiger partial charge >= 0.3 is 0 Å². The van der Waals surface area contributed by atoms with E-state index in [1.807, 2.05) is 32.3 Å². The fraction of sp³-hybridized carbons (Fsp3) is 0.308. The Morgan fingerprint density at radius 1 is 1.35 bits per heavy atom. The second-order valence-electron chi connectivity index (χ2n) is 4.04. The first-order chi connectivity index (χ1) is 8.11. The largest absolute Gasteiger partial charge is 0.308 e. The van der Waals surface area contributed by atoms with Gasteiger partial charge in [0.15, 0.2) is 0 Å². The molecule has 1 aromatic carbocycles. The van der Waals surface area contributed by atoms with Crippen LogP contribution in [0.5, 0.6) is 0 Å². The van der Waals surface area contributed by atoms with E-state index in [0.29, 0.717) is 5.56 Å². The number of halogens is 1. The predicted octanol–water partition coefficient (Wildman–Crippen LogP) is 3.21. The maximum Gasteiger partial charge on any atom is 0.128 e. The summed E-state index contributed by atoms with van der Waals surface area (Å²) in [5, 5.41) is 6.08. The third kappa shape index (κ3) is 2.53. The predicted molar refractivity (Wildman–Crippen MR) is 68.9 cm³/mol. The van der Waals surface area contributed by atoms with Crippen molar-refractivity contribution in [3.63, 3.8) is 0 Å². The van der Waals surface area contributed by atoms with Crippen LogP contribution in [0.1, 0.15) is 27.9 Å². The zero-order chi connectivity index (χ0) is 12.4. The lowest BCUT2D eigenvalue weighted by atomic mass is 10.0. The smallest absolute Gasteiger partial charge is 0.128 e. The zero-order valence-electron chi connectivity index (χ0n) is 10.1. The van der Waals surface area contributed by atoms with Gasteiger partial charge in [0.1, 0.15) is 5.82 Å². The highest BCUT2D eigenvalue weighted by Gasteiger charge is 2.18. The van der Waals surface area contributed by atoms with Gasteiger partial charge in [-0.1, -0.05) is 17.7 Å². The third-order valence-corrected chi connectivity index (χ3v) is 3.48. The van der Waals surface area contributed by atoms with Gasteiger partial charge in [-0.05, 0) is 27.0 Å². The molecule has 0 bridgehead atoms. The van der Waals surface area contributed by atoms with Crippen LogP contribution in [0.25, 0.3) is 0 Å². The van der Waals surface area contributed by atoms with Gasteiger partial charge in [-0.15, -0.1) is 11.3 Å². The van der Waals surface area contributed by atoms with Crippen LogP contribution in [0, 0.1) is 19.7 Å². The zero-order valence-corrected chi connectivity index (χ0v) is 10.9. The van der Waals surface area contributed by atoms with Crippen LogP contribution in [-0.4, -0.2) is 12.0 Å². The van der Waals surface area contributed by atoms with Gasteiger partial charge in [-0.3, -0.25) is 0 Å². The Kier molecular flexibility index (Phi) is 3.54. The summed E-state index contributed by atoms with van der Waals surface area (Å²) < 4.78 is 13.8. The molecule has 0 aliphatic rings. The Bertz CT molecular complexity index is 522. The molecule has 0 aliphatic carbocycles. The fourth-order valence-electron chi connectivity index (χ4n) is 1.86. The molecule has 90 valence electrons. The fourth-order valence-corrected chi connectivity index (χ4v) is 2.50. The van der Waals surface area contributed by atoms with Crippen molar-refractivity contribution in [3.05, 3.63) is 51.2 Å². The molecule has 2 aromatic rings. The summed E-state index contributed by atoms with van der Waals surface area (Å²) in [6.07, 6.45) is 0. The van der Waals surface area contributed by atoms with Crippen LogP contribution in [0.15, 0.2) is 23.6 Å². The molecule has 2 rings (SSSR count). The van der Waals surface area contributed by atoms with E-state index in [0.717, 1.165) is 16.3 Å². The van der Waals surface area contributed by atoms with Crippen LogP contribution in [0.4, 0.5) is 4.39 Å². The van der Waals surface area contributed by atoms with E-state index in [-0.39, 0.29) is 11.9 Å². The maximum absolute atomic E-state index is 13.8. The molecule has 0 saturated heterocycles. The molecule has 0 fully saturated rings. The number of hydrogen-bond donors (Lipinski definition) is 1. The van der Waals surface area contributed by atoms with Crippen molar-refractivity contribution in [1.82, 2.24) is 10.3 Å². The number of thiazole rings is 1. The van der Waals surface area contributed by atoms with Crippen molar-refractivity contribution >= 4 is 11.3 Å². The van der Waals surface area contributed by atoms with Gasteiger partial charge in [0, 0.05) is 10.9 Å². The van der Waals surface area contributed by atoms with Crippen molar-refractivity contribution in [2.24, 2.45) is 0 Å². The molecule has 0 radical (unpaired) electrons. The number of aromatic nitrogens is 1. The van der Waals surface area contributed by atoms with Crippen LogP contribution < -0.4 is 5.32 Å². The van der Waals surface area contributed by atoms with Crippen molar-refractivity contribution in [3.8, 4) is 0 Å². The molecule has 1 atom stereocenters. The molecule has 4 heteroatoms. The molecule has 17 heavy (non-hydrogen) atoms. The quantitative estimate of drug-likeness (QED) is 0.904. The second-order valence-corrected chi connectivity index (χ2v) is 5.10. The molecular formula is C13H15FN2S. The van der Waals surface area contributed by atoms with Gasteiger partial charge in [0.2, 0.25) is 0 Å². The lowest BCUT2D eigenvalue weighted by Gasteiger charge is -2.15. The lowest BCUT2D eigenvalue weighted by Crippen LogP contribution is -2.19. The lowest BCUT2D eigenvalue weighted by molar-refractivity contribution is 0.571. The molecule has 0 amide bonds. The summed E-state index contributed by atoms with van der Waals surface area (Å²) in [7, 11) is 1.82. The highest BCUT2D eigenvalue weighted by molar-refractivity contribution is 7.09. The first-order valence-electron chi connectivity index (χ1n) is 5.47. The van der Waals surface area contributed by atoms with E-state index >= 15 is 0 Å². The Balaban J connectivity index is 2.45. The molecular weight excluding hydrogens is 235 g/mol. The molecule has 1 heterocycles. The van der Waals surface area contributed by atoms with E-state index < -0.39 is 0 Å². The maximum atomic E-state index is 13.8. The summed E-state index contributed by atoms with van der Waals surface area (Å²) in [5.74, 6) is -0.194. The second kappa shape index (κ2) is 4.94. The van der Waals surface area contributed by atoms with Gasteiger partial charge < -0.3 is 5.32 Å². The number of rotatable bonds is 3. The first-order valence-corrected chi connectivity index (χ1v) is 6.35. The average molecular weight is 250 g/mol. The van der Waals surface area contributed by atoms with E-state index in [1.165, 1.54) is 6.07 Å². The van der Waals surface area contributed by atoms with Gasteiger partial charge in [-0.25, -0.2) is 9.37 Å². The Hall–Kier alpha value is -1.26. The van der Waals surface area contributed by atoms with Gasteiger partial charge in [0.05, 0.1) is 16.7 Å². The molecule has 1 aromatic heterocycles. The average Bonchev–Trinajstić information content (AvgIpc) is 2.71. The van der Waals surface area contributed by atoms with Crippen LogP contribution in [0.2, 0.25) is 0 Å². The van der Waals surface area contributed by atoms with E-state index in [4.69, 9.17) is 0 Å². The molecule has 1 N–H and O–H groups in total.